The molecule has 18 heavy (non-hydrogen) atoms. The van der Waals surface area contributed by atoms with Gasteiger partial charge < -0.3 is 14.9 Å². The van der Waals surface area contributed by atoms with Crippen LogP contribution in [0, 0.1) is 11.8 Å². The molecule has 0 bridgehead atoms. The fourth-order valence-corrected chi connectivity index (χ4v) is 3.31. The number of aliphatic hydroxyl groups is 2. The van der Waals surface area contributed by atoms with Crippen molar-refractivity contribution in [2.45, 2.75) is 70.9 Å². The third-order valence-corrected chi connectivity index (χ3v) is 4.52. The standard InChI is InChI=1S/C15H26O3/c1-9(2)12-11(16)8-10(3)6-5-7-15(4)14(18-15)13(12)17/h6,9,11-14,16-17H,5,7-8H2,1-4H3/b10-6+/t11-,12-,13-,14+,15+/m1/s1. The first-order valence-corrected chi connectivity index (χ1v) is 7.05. The molecule has 3 heteroatoms. The normalized spacial score (nSPS) is 48.3. The molecule has 0 radical (unpaired) electrons. The summed E-state index contributed by atoms with van der Waals surface area (Å²) >= 11 is 0. The summed E-state index contributed by atoms with van der Waals surface area (Å²) in [7, 11) is 0. The van der Waals surface area contributed by atoms with Crippen molar-refractivity contribution in [1.82, 2.24) is 0 Å². The predicted molar refractivity (Wildman–Crippen MR) is 71.2 cm³/mol. The van der Waals surface area contributed by atoms with Crippen LogP contribution in [0.4, 0.5) is 0 Å². The minimum absolute atomic E-state index is 0.105. The Morgan fingerprint density at radius 3 is 2.67 bits per heavy atom. The van der Waals surface area contributed by atoms with Crippen molar-refractivity contribution < 1.29 is 14.9 Å². The average Bonchev–Trinajstić information content (AvgIpc) is 2.89. The SMILES string of the molecule is C/C1=C\CC[C@]2(C)O[C@H]2[C@H](O)[C@H](C(C)C)[C@H](O)C1. The molecule has 5 atom stereocenters. The lowest BCUT2D eigenvalue weighted by Gasteiger charge is -2.31. The molecule has 0 aromatic carbocycles. The molecule has 1 aliphatic carbocycles. The second kappa shape index (κ2) is 4.95. The number of aliphatic hydroxyl groups excluding tert-OH is 2. The van der Waals surface area contributed by atoms with E-state index < -0.39 is 12.2 Å². The highest BCUT2D eigenvalue weighted by Gasteiger charge is 2.58. The number of epoxide rings is 1. The maximum atomic E-state index is 10.5. The molecule has 2 rings (SSSR count). The van der Waals surface area contributed by atoms with Gasteiger partial charge in [-0.2, -0.15) is 0 Å². The molecular formula is C15H26O3. The zero-order valence-electron chi connectivity index (χ0n) is 11.9. The van der Waals surface area contributed by atoms with Gasteiger partial charge in [0.1, 0.15) is 6.10 Å². The second-order valence-electron chi connectivity index (χ2n) is 6.52. The topological polar surface area (TPSA) is 53.0 Å². The minimum Gasteiger partial charge on any atom is -0.392 e. The van der Waals surface area contributed by atoms with Gasteiger partial charge in [0.05, 0.1) is 17.8 Å². The van der Waals surface area contributed by atoms with Gasteiger partial charge in [0.15, 0.2) is 0 Å². The van der Waals surface area contributed by atoms with Gasteiger partial charge in [-0.15, -0.1) is 0 Å². The monoisotopic (exact) mass is 254 g/mol. The molecule has 1 saturated heterocycles. The molecule has 2 aliphatic rings. The first kappa shape index (κ1) is 14.0. The van der Waals surface area contributed by atoms with E-state index in [9.17, 15) is 10.2 Å². The molecular weight excluding hydrogens is 228 g/mol. The van der Waals surface area contributed by atoms with Gasteiger partial charge >= 0.3 is 0 Å². The van der Waals surface area contributed by atoms with E-state index in [4.69, 9.17) is 4.74 Å². The van der Waals surface area contributed by atoms with Crippen molar-refractivity contribution in [1.29, 1.82) is 0 Å². The molecule has 0 unspecified atom stereocenters. The first-order valence-electron chi connectivity index (χ1n) is 7.05. The van der Waals surface area contributed by atoms with Gasteiger partial charge in [0.2, 0.25) is 0 Å². The molecule has 1 heterocycles. The van der Waals surface area contributed by atoms with E-state index in [1.807, 2.05) is 0 Å². The summed E-state index contributed by atoms with van der Waals surface area (Å²) < 4.78 is 5.72. The molecule has 1 aliphatic heterocycles. The fraction of sp³-hybridized carbons (Fsp3) is 0.867. The van der Waals surface area contributed by atoms with Crippen molar-refractivity contribution >= 4 is 0 Å². The summed E-state index contributed by atoms with van der Waals surface area (Å²) in [6.07, 6.45) is 3.62. The van der Waals surface area contributed by atoms with Crippen molar-refractivity contribution in [2.75, 3.05) is 0 Å². The summed E-state index contributed by atoms with van der Waals surface area (Å²) in [4.78, 5) is 0. The molecule has 104 valence electrons. The molecule has 3 nitrogen and oxygen atoms in total. The van der Waals surface area contributed by atoms with Gasteiger partial charge in [-0.25, -0.2) is 0 Å². The Kier molecular flexibility index (Phi) is 3.86. The lowest BCUT2D eigenvalue weighted by atomic mass is 9.78. The van der Waals surface area contributed by atoms with E-state index in [1.54, 1.807) is 0 Å². The van der Waals surface area contributed by atoms with Crippen molar-refractivity contribution in [2.24, 2.45) is 11.8 Å². The molecule has 1 fully saturated rings. The largest absolute Gasteiger partial charge is 0.392 e. The van der Waals surface area contributed by atoms with Crippen LogP contribution in [0.15, 0.2) is 11.6 Å². The Hall–Kier alpha value is -0.380. The third kappa shape index (κ3) is 2.63. The van der Waals surface area contributed by atoms with Crippen LogP contribution in [-0.4, -0.2) is 34.1 Å². The summed E-state index contributed by atoms with van der Waals surface area (Å²) in [6.45, 7) is 8.24. The van der Waals surface area contributed by atoms with Gasteiger partial charge in [0.25, 0.3) is 0 Å². The smallest absolute Gasteiger partial charge is 0.113 e. The summed E-state index contributed by atoms with van der Waals surface area (Å²) in [5.41, 5.74) is 1.02. The third-order valence-electron chi connectivity index (χ3n) is 4.52. The van der Waals surface area contributed by atoms with Crippen LogP contribution in [0.25, 0.3) is 0 Å². The number of allylic oxidation sites excluding steroid dienone is 1. The summed E-state index contributed by atoms with van der Waals surface area (Å²) in [5.74, 6) is 0.133. The van der Waals surface area contributed by atoms with Crippen molar-refractivity contribution in [3.8, 4) is 0 Å². The van der Waals surface area contributed by atoms with E-state index >= 15 is 0 Å². The maximum Gasteiger partial charge on any atom is 0.113 e. The van der Waals surface area contributed by atoms with Crippen LogP contribution in [0.2, 0.25) is 0 Å². The fourth-order valence-electron chi connectivity index (χ4n) is 3.31. The number of hydrogen-bond donors (Lipinski definition) is 2. The average molecular weight is 254 g/mol. The Morgan fingerprint density at radius 2 is 2.06 bits per heavy atom. The highest BCUT2D eigenvalue weighted by Crippen LogP contribution is 2.46. The van der Waals surface area contributed by atoms with Crippen LogP contribution in [0.1, 0.15) is 47.0 Å². The number of ether oxygens (including phenoxy) is 1. The maximum absolute atomic E-state index is 10.5. The van der Waals surface area contributed by atoms with E-state index in [0.717, 1.165) is 12.8 Å². The minimum atomic E-state index is -0.559. The lowest BCUT2D eigenvalue weighted by molar-refractivity contribution is -0.0236. The van der Waals surface area contributed by atoms with Gasteiger partial charge in [-0.1, -0.05) is 25.5 Å². The molecule has 0 amide bonds. The van der Waals surface area contributed by atoms with Gasteiger partial charge in [0, 0.05) is 5.92 Å². The van der Waals surface area contributed by atoms with Crippen LogP contribution in [-0.2, 0) is 4.74 Å². The van der Waals surface area contributed by atoms with E-state index in [0.29, 0.717) is 6.42 Å². The highest BCUT2D eigenvalue weighted by molar-refractivity contribution is 5.10. The molecule has 0 aromatic rings. The quantitative estimate of drug-likeness (QED) is 0.557. The van der Waals surface area contributed by atoms with E-state index in [2.05, 4.69) is 33.8 Å². The van der Waals surface area contributed by atoms with Gasteiger partial charge in [-0.3, -0.25) is 0 Å². The lowest BCUT2D eigenvalue weighted by Crippen LogP contribution is -2.41. The van der Waals surface area contributed by atoms with Crippen LogP contribution in [0.5, 0.6) is 0 Å². The molecule has 0 saturated carbocycles. The predicted octanol–water partition coefficient (Wildman–Crippen LogP) is 2.27. The van der Waals surface area contributed by atoms with E-state index in [-0.39, 0.29) is 23.5 Å². The van der Waals surface area contributed by atoms with Crippen LogP contribution >= 0.6 is 0 Å². The Bertz CT molecular complexity index is 337. The van der Waals surface area contributed by atoms with Crippen LogP contribution in [0.3, 0.4) is 0 Å². The first-order chi connectivity index (χ1) is 8.35. The van der Waals surface area contributed by atoms with E-state index in [1.165, 1.54) is 5.57 Å². The van der Waals surface area contributed by atoms with Crippen molar-refractivity contribution in [3.63, 3.8) is 0 Å². The molecule has 2 N–H and O–H groups in total. The molecule has 0 aromatic heterocycles. The molecule has 0 spiro atoms. The van der Waals surface area contributed by atoms with Crippen molar-refractivity contribution in [3.05, 3.63) is 11.6 Å². The number of hydrogen-bond acceptors (Lipinski definition) is 3. The Morgan fingerprint density at radius 1 is 1.39 bits per heavy atom. The Balaban J connectivity index is 2.22. The number of rotatable bonds is 1. The highest BCUT2D eigenvalue weighted by atomic mass is 16.6. The zero-order valence-corrected chi connectivity index (χ0v) is 11.9. The Labute approximate surface area is 110 Å². The summed E-state index contributed by atoms with van der Waals surface area (Å²) in [6, 6.07) is 0. The second-order valence-corrected chi connectivity index (χ2v) is 6.52. The summed E-state index contributed by atoms with van der Waals surface area (Å²) in [5, 5.41) is 20.9. The number of fused-ring (bicyclic) bond motifs is 1. The zero-order chi connectivity index (χ0) is 13.5. The van der Waals surface area contributed by atoms with Gasteiger partial charge in [-0.05, 0) is 39.0 Å². The van der Waals surface area contributed by atoms with Crippen LogP contribution < -0.4 is 0 Å².